The van der Waals surface area contributed by atoms with Crippen LogP contribution in [0.4, 0.5) is 5.69 Å². The van der Waals surface area contributed by atoms with Gasteiger partial charge in [0.25, 0.3) is 0 Å². The van der Waals surface area contributed by atoms with Crippen LogP contribution in [0.5, 0.6) is 11.5 Å². The molecule has 7 rings (SSSR count). The first-order chi connectivity index (χ1) is 23.2. The summed E-state index contributed by atoms with van der Waals surface area (Å²) in [6, 6.07) is 53.3. The summed E-state index contributed by atoms with van der Waals surface area (Å²) in [5.74, 6) is 1.50. The molecule has 4 heteroatoms. The van der Waals surface area contributed by atoms with Gasteiger partial charge >= 0.3 is 0 Å². The van der Waals surface area contributed by atoms with Crippen LogP contribution in [0.25, 0.3) is 11.1 Å². The van der Waals surface area contributed by atoms with E-state index in [1.54, 1.807) is 0 Å². The van der Waals surface area contributed by atoms with E-state index in [-0.39, 0.29) is 17.2 Å². The molecule has 1 aliphatic rings. The van der Waals surface area contributed by atoms with E-state index in [0.29, 0.717) is 6.42 Å². The van der Waals surface area contributed by atoms with Gasteiger partial charge < -0.3 is 10.1 Å². The Morgan fingerprint density at radius 3 is 1.77 bits per heavy atom. The van der Waals surface area contributed by atoms with E-state index in [0.717, 1.165) is 39.4 Å². The molecule has 238 valence electrons. The number of hydrogen-bond donors (Lipinski definition) is 1. The lowest BCUT2D eigenvalue weighted by molar-refractivity contribution is -0.116. The molecule has 0 aliphatic carbocycles. The molecule has 0 spiro atoms. The van der Waals surface area contributed by atoms with E-state index in [9.17, 15) is 4.79 Å². The summed E-state index contributed by atoms with van der Waals surface area (Å²) in [6.45, 7) is 9.02. The fraction of sp³-hybridized carbons (Fsp3) is 0.159. The van der Waals surface area contributed by atoms with Gasteiger partial charge in [-0.1, -0.05) is 124 Å². The van der Waals surface area contributed by atoms with E-state index in [2.05, 4.69) is 148 Å². The molecule has 6 aromatic carbocycles. The Labute approximate surface area is 285 Å². The normalized spacial score (nSPS) is 12.8. The second-order valence-electron chi connectivity index (χ2n) is 13.7. The highest BCUT2D eigenvalue weighted by atomic mass is 31.2. The number of benzene rings is 6. The van der Waals surface area contributed by atoms with Crippen molar-refractivity contribution in [3.63, 3.8) is 0 Å². The SMILES string of the molecule is CC(C)(C)c1ccc(-c2ccccc2[P+](C)(c2ccccc2)c2ccccc2)cc1NC(=O)CC1c2ccccc2Oc2ccccc21. The first kappa shape index (κ1) is 31.6. The smallest absolute Gasteiger partial charge is 0.225 e. The van der Waals surface area contributed by atoms with Crippen LogP contribution in [-0.4, -0.2) is 12.6 Å². The fourth-order valence-corrected chi connectivity index (χ4v) is 10.5. The molecule has 1 N–H and O–H groups in total. The molecule has 0 aromatic heterocycles. The molecule has 0 bridgehead atoms. The van der Waals surface area contributed by atoms with E-state index in [1.165, 1.54) is 21.5 Å². The van der Waals surface area contributed by atoms with Crippen molar-refractivity contribution in [2.45, 2.75) is 38.5 Å². The topological polar surface area (TPSA) is 38.3 Å². The maximum absolute atomic E-state index is 14.1. The second-order valence-corrected chi connectivity index (χ2v) is 17.2. The van der Waals surface area contributed by atoms with E-state index in [1.807, 2.05) is 36.4 Å². The third-order valence-corrected chi connectivity index (χ3v) is 13.6. The minimum absolute atomic E-state index is 0.0200. The molecule has 0 saturated heterocycles. The monoisotopic (exact) mass is 646 g/mol. The van der Waals surface area contributed by atoms with Crippen molar-refractivity contribution >= 4 is 34.8 Å². The Bertz CT molecular complexity index is 2000. The first-order valence-corrected chi connectivity index (χ1v) is 18.8. The molecular weight excluding hydrogens is 605 g/mol. The van der Waals surface area contributed by atoms with Gasteiger partial charge in [-0.05, 0) is 65.1 Å². The van der Waals surface area contributed by atoms with Crippen molar-refractivity contribution < 1.29 is 9.53 Å². The molecule has 1 aliphatic heterocycles. The van der Waals surface area contributed by atoms with Crippen LogP contribution in [0.3, 0.4) is 0 Å². The highest BCUT2D eigenvalue weighted by Gasteiger charge is 2.42. The zero-order valence-electron chi connectivity index (χ0n) is 28.0. The summed E-state index contributed by atoms with van der Waals surface area (Å²) in [5, 5.41) is 7.37. The summed E-state index contributed by atoms with van der Waals surface area (Å²) < 4.78 is 6.21. The van der Waals surface area contributed by atoms with Crippen molar-refractivity contribution in [1.82, 2.24) is 0 Å². The Balaban J connectivity index is 1.29. The van der Waals surface area contributed by atoms with Gasteiger partial charge in [0.2, 0.25) is 5.91 Å². The molecular formula is C44H41NO2P+. The Morgan fingerprint density at radius 1 is 0.667 bits per heavy atom. The number of nitrogens with one attached hydrogen (secondary N) is 1. The third kappa shape index (κ3) is 5.96. The molecule has 48 heavy (non-hydrogen) atoms. The van der Waals surface area contributed by atoms with Crippen molar-refractivity contribution in [3.8, 4) is 22.6 Å². The van der Waals surface area contributed by atoms with Crippen LogP contribution in [0.15, 0.2) is 152 Å². The maximum atomic E-state index is 14.1. The summed E-state index contributed by atoms with van der Waals surface area (Å²) in [7, 11) is -2.00. The van der Waals surface area contributed by atoms with Crippen molar-refractivity contribution in [3.05, 3.63) is 168 Å². The van der Waals surface area contributed by atoms with Gasteiger partial charge in [-0.25, -0.2) is 0 Å². The predicted octanol–water partition coefficient (Wildman–Crippen LogP) is 9.84. The maximum Gasteiger partial charge on any atom is 0.225 e. The first-order valence-electron chi connectivity index (χ1n) is 16.6. The van der Waals surface area contributed by atoms with Crippen LogP contribution in [0, 0.1) is 0 Å². The van der Waals surface area contributed by atoms with Crippen molar-refractivity contribution in [2.24, 2.45) is 0 Å². The van der Waals surface area contributed by atoms with Crippen LogP contribution >= 0.6 is 7.26 Å². The number of rotatable bonds is 7. The van der Waals surface area contributed by atoms with Crippen LogP contribution in [-0.2, 0) is 10.2 Å². The number of hydrogen-bond acceptors (Lipinski definition) is 2. The highest BCUT2D eigenvalue weighted by molar-refractivity contribution is 7.95. The van der Waals surface area contributed by atoms with Crippen LogP contribution in [0.1, 0.15) is 49.8 Å². The van der Waals surface area contributed by atoms with Gasteiger partial charge in [0.05, 0.1) is 6.66 Å². The fourth-order valence-electron chi connectivity index (χ4n) is 7.07. The molecule has 0 saturated carbocycles. The molecule has 0 atom stereocenters. The number of carbonyl (C=O) groups excluding carboxylic acids is 1. The molecule has 1 amide bonds. The van der Waals surface area contributed by atoms with Gasteiger partial charge in [-0.15, -0.1) is 0 Å². The quantitative estimate of drug-likeness (QED) is 0.175. The Kier molecular flexibility index (Phi) is 8.50. The lowest BCUT2D eigenvalue weighted by atomic mass is 9.84. The summed E-state index contributed by atoms with van der Waals surface area (Å²) in [5.41, 5.74) is 6.14. The predicted molar refractivity (Wildman–Crippen MR) is 203 cm³/mol. The minimum atomic E-state index is -2.00. The summed E-state index contributed by atoms with van der Waals surface area (Å²) in [4.78, 5) is 14.1. The van der Waals surface area contributed by atoms with Crippen LogP contribution in [0.2, 0.25) is 0 Å². The number of fused-ring (bicyclic) bond motifs is 2. The minimum Gasteiger partial charge on any atom is -0.457 e. The summed E-state index contributed by atoms with van der Waals surface area (Å²) >= 11 is 0. The molecule has 3 nitrogen and oxygen atoms in total. The second kappa shape index (κ2) is 12.9. The van der Waals surface area contributed by atoms with E-state index < -0.39 is 7.26 Å². The van der Waals surface area contributed by atoms with Gasteiger partial charge in [-0.3, -0.25) is 4.79 Å². The van der Waals surface area contributed by atoms with Crippen molar-refractivity contribution in [1.29, 1.82) is 0 Å². The molecule has 0 unspecified atom stereocenters. The van der Waals surface area contributed by atoms with Gasteiger partial charge in [0, 0.05) is 34.7 Å². The highest BCUT2D eigenvalue weighted by Crippen LogP contribution is 2.53. The number of amides is 1. The standard InChI is InChI=1S/C44H40NO2P/c1-44(2,3)38-28-27-31(34-21-13-16-26-42(34)48(4,32-17-7-5-8-18-32)33-19-9-6-10-20-33)29-39(38)45-43(46)30-37-35-22-11-14-24-40(35)47-41-25-15-12-23-36(37)41/h5-29,37H,30H2,1-4H3/p+1. The van der Waals surface area contributed by atoms with Gasteiger partial charge in [0.15, 0.2) is 0 Å². The molecule has 6 aromatic rings. The van der Waals surface area contributed by atoms with E-state index >= 15 is 0 Å². The molecule has 0 fully saturated rings. The Morgan fingerprint density at radius 2 is 1.19 bits per heavy atom. The lowest BCUT2D eigenvalue weighted by Crippen LogP contribution is -2.31. The summed E-state index contributed by atoms with van der Waals surface area (Å²) in [6.07, 6.45) is 0.313. The number of para-hydroxylation sites is 2. The van der Waals surface area contributed by atoms with Gasteiger partial charge in [-0.2, -0.15) is 0 Å². The lowest BCUT2D eigenvalue weighted by Gasteiger charge is -2.29. The largest absolute Gasteiger partial charge is 0.457 e. The number of ether oxygens (including phenoxy) is 1. The Hall–Kier alpha value is -4.98. The molecule has 1 heterocycles. The molecule has 0 radical (unpaired) electrons. The zero-order chi connectivity index (χ0) is 33.3. The average Bonchev–Trinajstić information content (AvgIpc) is 3.11. The zero-order valence-corrected chi connectivity index (χ0v) is 28.9. The number of anilines is 1. The number of carbonyl (C=O) groups is 1. The van der Waals surface area contributed by atoms with Crippen molar-refractivity contribution in [2.75, 3.05) is 12.0 Å². The third-order valence-electron chi connectivity index (χ3n) is 9.54. The van der Waals surface area contributed by atoms with Crippen LogP contribution < -0.4 is 26.0 Å². The van der Waals surface area contributed by atoms with E-state index in [4.69, 9.17) is 4.74 Å². The van der Waals surface area contributed by atoms with Gasteiger partial charge in [0.1, 0.15) is 34.7 Å². The average molecular weight is 647 g/mol.